The fourth-order valence-corrected chi connectivity index (χ4v) is 14.3. The van der Waals surface area contributed by atoms with Crippen LogP contribution >= 0.6 is 0 Å². The van der Waals surface area contributed by atoms with Crippen LogP contribution in [0.5, 0.6) is 0 Å². The first-order chi connectivity index (χ1) is 5.27. The molecule has 0 aliphatic carbocycles. The van der Waals surface area contributed by atoms with Gasteiger partial charge in [-0.2, -0.15) is 0 Å². The molecule has 0 aromatic heterocycles. The van der Waals surface area contributed by atoms with Crippen LogP contribution in [-0.4, -0.2) is 23.5 Å². The van der Waals surface area contributed by atoms with Crippen LogP contribution in [0.25, 0.3) is 0 Å². The molecule has 0 rings (SSSR count). The molecule has 0 saturated heterocycles. The van der Waals surface area contributed by atoms with E-state index >= 15 is 0 Å². The number of hydrogen-bond acceptors (Lipinski definition) is 2. The van der Waals surface area contributed by atoms with E-state index in [9.17, 15) is 8.92 Å². The van der Waals surface area contributed by atoms with Gasteiger partial charge in [0.2, 0.25) is 0 Å². The predicted molar refractivity (Wildman–Crippen MR) is 71.4 cm³/mol. The van der Waals surface area contributed by atoms with Crippen LogP contribution < -0.4 is 0 Å². The van der Waals surface area contributed by atoms with Gasteiger partial charge in [-0.3, -0.25) is 0 Å². The van der Waals surface area contributed by atoms with Gasteiger partial charge in [-0.05, 0) is 13.5 Å². The van der Waals surface area contributed by atoms with Crippen LogP contribution in [0.3, 0.4) is 0 Å². The van der Waals surface area contributed by atoms with Gasteiger partial charge in [0.1, 0.15) is 7.59 Å². The first-order valence-electron chi connectivity index (χ1n) is 3.89. The van der Waals surface area contributed by atoms with Gasteiger partial charge in [-0.1, -0.05) is 40.6 Å². The minimum Gasteiger partial charge on any atom is -0.389 e. The fourth-order valence-electron chi connectivity index (χ4n) is 0.528. The Morgan fingerprint density at radius 1 is 1.14 bits per heavy atom. The second-order valence-corrected chi connectivity index (χ2v) is 20.7. The topological polar surface area (TPSA) is 34.1 Å². The van der Waals surface area contributed by atoms with E-state index < -0.39 is 23.5 Å². The Kier molecular flexibility index (Phi) is 18.7. The Morgan fingerprint density at radius 2 is 1.36 bits per heavy atom. The van der Waals surface area contributed by atoms with Crippen LogP contribution in [0.15, 0.2) is 12.7 Å². The summed E-state index contributed by atoms with van der Waals surface area (Å²) in [7, 11) is -4.94. The molecule has 0 aliphatic heterocycles. The van der Waals surface area contributed by atoms with E-state index in [4.69, 9.17) is 0 Å². The van der Waals surface area contributed by atoms with Gasteiger partial charge in [0.05, 0.1) is 0 Å². The normalized spacial score (nSPS) is 8.07. The van der Waals surface area contributed by atoms with E-state index in [2.05, 4.69) is 6.58 Å². The molecule has 0 N–H and O–H groups in total. The highest BCUT2D eigenvalue weighted by molar-refractivity contribution is 7.46. The average Bonchev–Trinajstić information content (AvgIpc) is 1.85. The van der Waals surface area contributed by atoms with E-state index in [1.165, 1.54) is 0 Å². The third-order valence-electron chi connectivity index (χ3n) is 1.00. The van der Waals surface area contributed by atoms with Gasteiger partial charge >= 0.3 is 15.9 Å². The Balaban J connectivity index is -0.0000000891. The Morgan fingerprint density at radius 3 is 1.36 bits per heavy atom. The van der Waals surface area contributed by atoms with Crippen LogP contribution in [-0.2, 0) is 8.92 Å². The zero-order chi connectivity index (χ0) is 10.4. The highest BCUT2D eigenvalue weighted by Gasteiger charge is 2.31. The van der Waals surface area contributed by atoms with E-state index in [1.54, 1.807) is 12.6 Å². The van der Waals surface area contributed by atoms with Crippen molar-refractivity contribution in [3.63, 3.8) is 0 Å². The molecule has 2 nitrogen and oxygen atoms in total. The Hall–Kier alpha value is -0.00935. The van der Waals surface area contributed by atoms with Gasteiger partial charge in [0, 0.05) is 0 Å². The van der Waals surface area contributed by atoms with Crippen LogP contribution in [0.1, 0.15) is 21.8 Å². The molecule has 0 aromatic rings. The first kappa shape index (κ1) is 23.7. The van der Waals surface area contributed by atoms with Crippen molar-refractivity contribution in [2.45, 2.75) is 48.0 Å². The highest BCUT2D eigenvalue weighted by atomic mass is 29.6. The molecule has 0 heterocycles. The molecule has 86 valence electrons. The number of hydrogen-bond donors (Lipinski definition) is 0. The Bertz CT molecular complexity index is 183. The maximum absolute atomic E-state index is 11.1. The molecule has 0 fully saturated rings. The van der Waals surface area contributed by atoms with Gasteiger partial charge in [-0.25, -0.2) is 0 Å². The van der Waals surface area contributed by atoms with Crippen molar-refractivity contribution in [3.05, 3.63) is 12.7 Å². The summed E-state index contributed by atoms with van der Waals surface area (Å²) in [5, 5.41) is 0. The molecule has 0 saturated carbocycles. The van der Waals surface area contributed by atoms with E-state index in [1.807, 2.05) is 26.6 Å². The largest absolute Gasteiger partial charge is 0.389 e. The van der Waals surface area contributed by atoms with Crippen molar-refractivity contribution < 1.29 is 8.92 Å². The zero-order valence-corrected chi connectivity index (χ0v) is 11.6. The quantitative estimate of drug-likeness (QED) is 0.556. The van der Waals surface area contributed by atoms with Crippen molar-refractivity contribution >= 4 is 23.5 Å². The number of rotatable bonds is 2. The maximum Gasteiger partial charge on any atom is 0.318 e. The van der Waals surface area contributed by atoms with E-state index in [0.29, 0.717) is 0 Å². The second kappa shape index (κ2) is 11.1. The molecule has 0 atom stereocenters. The second-order valence-electron chi connectivity index (χ2n) is 3.54. The van der Waals surface area contributed by atoms with E-state index in [-0.39, 0.29) is 14.9 Å². The summed E-state index contributed by atoms with van der Waals surface area (Å²) in [4.78, 5) is 0. The minimum absolute atomic E-state index is 0. The lowest BCUT2D eigenvalue weighted by Gasteiger charge is -2.07. The molecule has 0 unspecified atom stereocenters. The predicted octanol–water partition coefficient (Wildman–Crippen LogP) is 3.42. The van der Waals surface area contributed by atoms with Gasteiger partial charge < -0.3 is 8.92 Å². The van der Waals surface area contributed by atoms with Gasteiger partial charge in [0.25, 0.3) is 0 Å². The molecule has 0 aromatic carbocycles. The first-order valence-corrected chi connectivity index (χ1v) is 12.7. The average molecular weight is 251 g/mol. The molecular weight excluding hydrogens is 224 g/mol. The fraction of sp³-hybridized carbons (Fsp3) is 0.778. The molecule has 0 amide bonds. The van der Waals surface area contributed by atoms with E-state index in [0.717, 1.165) is 0 Å². The summed E-state index contributed by atoms with van der Waals surface area (Å²) >= 11 is 0. The molecular formula is C9H26O2Si3. The summed E-state index contributed by atoms with van der Waals surface area (Å²) in [6.45, 7) is 12.9. The molecule has 14 heavy (non-hydrogen) atoms. The SMILES string of the molecule is C.C.C=CC.C[Si](=O)[Si](=O)[Si](C)(C)C. The summed E-state index contributed by atoms with van der Waals surface area (Å²) in [5.41, 5.74) is 0. The molecule has 0 radical (unpaired) electrons. The lowest BCUT2D eigenvalue weighted by molar-refractivity contribution is 0.555. The highest BCUT2D eigenvalue weighted by Crippen LogP contribution is 1.99. The van der Waals surface area contributed by atoms with Crippen molar-refractivity contribution in [2.24, 2.45) is 0 Å². The van der Waals surface area contributed by atoms with Crippen molar-refractivity contribution in [3.8, 4) is 0 Å². The standard InChI is InChI=1S/C4H12O2Si3.C3H6.2CH4/c1-7(5)8(6)9(2,3)4;1-3-2;;/h1-4H3;3H,1H2,2H3;2*1H4. The van der Waals surface area contributed by atoms with Crippen molar-refractivity contribution in [1.82, 2.24) is 0 Å². The monoisotopic (exact) mass is 250 g/mol. The van der Waals surface area contributed by atoms with Gasteiger partial charge in [-0.15, -0.1) is 6.58 Å². The molecule has 0 bridgehead atoms. The van der Waals surface area contributed by atoms with Crippen LogP contribution in [0, 0.1) is 0 Å². The van der Waals surface area contributed by atoms with Crippen molar-refractivity contribution in [2.75, 3.05) is 0 Å². The molecule has 0 spiro atoms. The lowest BCUT2D eigenvalue weighted by Crippen LogP contribution is -2.41. The molecule has 0 aliphatic rings. The Labute approximate surface area is 93.4 Å². The van der Waals surface area contributed by atoms with Crippen molar-refractivity contribution in [1.29, 1.82) is 0 Å². The van der Waals surface area contributed by atoms with Crippen LogP contribution in [0.2, 0.25) is 26.2 Å². The molecule has 5 heteroatoms. The third kappa shape index (κ3) is 14.5. The summed E-state index contributed by atoms with van der Waals surface area (Å²) in [5.74, 6) is 0. The zero-order valence-electron chi connectivity index (χ0n) is 8.60. The van der Waals surface area contributed by atoms with Crippen LogP contribution in [0.4, 0.5) is 0 Å². The minimum atomic E-state index is -1.71. The maximum atomic E-state index is 11.1. The summed E-state index contributed by atoms with van der Waals surface area (Å²) in [6.07, 6.45) is 1.75. The van der Waals surface area contributed by atoms with Gasteiger partial charge in [0.15, 0.2) is 0 Å². The lowest BCUT2D eigenvalue weighted by atomic mass is 10.8. The summed E-state index contributed by atoms with van der Waals surface area (Å²) < 4.78 is 21.9. The number of allylic oxidation sites excluding steroid dienone is 1. The smallest absolute Gasteiger partial charge is 0.318 e. The summed E-state index contributed by atoms with van der Waals surface area (Å²) in [6, 6.07) is 0. The third-order valence-corrected chi connectivity index (χ3v) is 18.9.